The van der Waals surface area contributed by atoms with Gasteiger partial charge in [-0.2, -0.15) is 0 Å². The molecule has 0 aliphatic carbocycles. The fourth-order valence-electron chi connectivity index (χ4n) is 1.01. The van der Waals surface area contributed by atoms with Crippen molar-refractivity contribution in [3.05, 3.63) is 29.8 Å². The molecule has 0 aliphatic rings. The van der Waals surface area contributed by atoms with Gasteiger partial charge in [0.25, 0.3) is 0 Å². The maximum atomic E-state index is 10.4. The number of benzene rings is 1. The lowest BCUT2D eigenvalue weighted by molar-refractivity contribution is 0.225. The summed E-state index contributed by atoms with van der Waals surface area (Å²) in [6.07, 6.45) is 0. The van der Waals surface area contributed by atoms with E-state index >= 15 is 0 Å². The van der Waals surface area contributed by atoms with E-state index in [9.17, 15) is 4.79 Å². The number of ether oxygens (including phenoxy) is 1. The fraction of sp³-hybridized carbons (Fsp3) is 0.300. The predicted octanol–water partition coefficient (Wildman–Crippen LogP) is 3.55. The summed E-state index contributed by atoms with van der Waals surface area (Å²) in [7, 11) is 0. The number of rotatable bonds is 2. The van der Waals surface area contributed by atoms with Crippen LogP contribution in [0.5, 0.6) is 5.75 Å². The molecule has 0 aromatic heterocycles. The lowest BCUT2D eigenvalue weighted by Gasteiger charge is -2.05. The van der Waals surface area contributed by atoms with Crippen LogP contribution in [0.2, 0.25) is 0 Å². The van der Waals surface area contributed by atoms with Crippen molar-refractivity contribution in [3.63, 3.8) is 0 Å². The quantitative estimate of drug-likeness (QED) is 0.680. The van der Waals surface area contributed by atoms with E-state index in [0.29, 0.717) is 11.7 Å². The lowest BCUT2D eigenvalue weighted by Crippen LogP contribution is -1.96. The average Bonchev–Trinajstić information content (AvgIpc) is 2.04. The molecule has 2 nitrogen and oxygen atoms in total. The second kappa shape index (κ2) is 4.28. The molecule has 70 valence electrons. The largest absolute Gasteiger partial charge is 0.415 e. The summed E-state index contributed by atoms with van der Waals surface area (Å²) in [5.41, 5.74) is 0.395. The third-order valence-electron chi connectivity index (χ3n) is 1.74. The standard InChI is InChI=1S/C10H11ClO2/c1-7(2)8-3-5-9(6-4-8)13-10(11)12/h3-7H,1-2H3. The second-order valence-electron chi connectivity index (χ2n) is 3.06. The summed E-state index contributed by atoms with van der Waals surface area (Å²) in [5, 5.41) is 0. The van der Waals surface area contributed by atoms with Crippen molar-refractivity contribution < 1.29 is 9.53 Å². The second-order valence-corrected chi connectivity index (χ2v) is 3.37. The third-order valence-corrected chi connectivity index (χ3v) is 1.82. The Kier molecular flexibility index (Phi) is 3.32. The molecule has 0 aliphatic heterocycles. The van der Waals surface area contributed by atoms with Crippen LogP contribution in [-0.2, 0) is 0 Å². The molecule has 0 bridgehead atoms. The Morgan fingerprint density at radius 3 is 2.23 bits per heavy atom. The van der Waals surface area contributed by atoms with Crippen molar-refractivity contribution in [1.29, 1.82) is 0 Å². The highest BCUT2D eigenvalue weighted by atomic mass is 35.5. The van der Waals surface area contributed by atoms with Crippen molar-refractivity contribution in [3.8, 4) is 5.75 Å². The first-order valence-electron chi connectivity index (χ1n) is 4.07. The minimum atomic E-state index is -0.808. The van der Waals surface area contributed by atoms with Crippen LogP contribution in [0.4, 0.5) is 4.79 Å². The van der Waals surface area contributed by atoms with Gasteiger partial charge in [-0.05, 0) is 23.6 Å². The summed E-state index contributed by atoms with van der Waals surface area (Å²) in [4.78, 5) is 10.4. The van der Waals surface area contributed by atoms with Gasteiger partial charge in [-0.25, -0.2) is 4.79 Å². The van der Waals surface area contributed by atoms with E-state index < -0.39 is 5.43 Å². The minimum Gasteiger partial charge on any atom is -0.415 e. The molecule has 1 rings (SSSR count). The molecular formula is C10H11ClO2. The molecule has 0 saturated carbocycles. The van der Waals surface area contributed by atoms with Crippen LogP contribution in [-0.4, -0.2) is 5.43 Å². The fourth-order valence-corrected chi connectivity index (χ4v) is 1.10. The molecule has 1 aromatic carbocycles. The van der Waals surface area contributed by atoms with E-state index in [2.05, 4.69) is 18.6 Å². The number of halogens is 1. The first-order chi connectivity index (χ1) is 6.09. The van der Waals surface area contributed by atoms with Gasteiger partial charge in [-0.3, -0.25) is 0 Å². The van der Waals surface area contributed by atoms with Crippen LogP contribution in [0.25, 0.3) is 0 Å². The van der Waals surface area contributed by atoms with Crippen molar-refractivity contribution in [1.82, 2.24) is 0 Å². The summed E-state index contributed by atoms with van der Waals surface area (Å²) >= 11 is 5.05. The molecule has 13 heavy (non-hydrogen) atoms. The average molecular weight is 199 g/mol. The lowest BCUT2D eigenvalue weighted by atomic mass is 10.0. The van der Waals surface area contributed by atoms with Crippen molar-refractivity contribution in [2.45, 2.75) is 19.8 Å². The molecule has 0 atom stereocenters. The molecular weight excluding hydrogens is 188 g/mol. The van der Waals surface area contributed by atoms with Gasteiger partial charge in [0, 0.05) is 11.6 Å². The molecule has 0 fully saturated rings. The van der Waals surface area contributed by atoms with E-state index in [1.54, 1.807) is 12.1 Å². The molecule has 3 heteroatoms. The van der Waals surface area contributed by atoms with Crippen LogP contribution in [0, 0.1) is 0 Å². The normalized spacial score (nSPS) is 10.2. The molecule has 0 amide bonds. The van der Waals surface area contributed by atoms with E-state index in [-0.39, 0.29) is 0 Å². The topological polar surface area (TPSA) is 26.3 Å². The van der Waals surface area contributed by atoms with Crippen LogP contribution in [0.15, 0.2) is 24.3 Å². The molecule has 0 N–H and O–H groups in total. The molecule has 1 aromatic rings. The van der Waals surface area contributed by atoms with Crippen LogP contribution in [0.3, 0.4) is 0 Å². The van der Waals surface area contributed by atoms with Gasteiger partial charge >= 0.3 is 5.43 Å². The summed E-state index contributed by atoms with van der Waals surface area (Å²) < 4.78 is 4.68. The number of hydrogen-bond acceptors (Lipinski definition) is 2. The van der Waals surface area contributed by atoms with Gasteiger partial charge in [-0.1, -0.05) is 26.0 Å². The highest BCUT2D eigenvalue weighted by Gasteiger charge is 2.01. The molecule has 0 heterocycles. The van der Waals surface area contributed by atoms with Gasteiger partial charge in [0.05, 0.1) is 0 Å². The van der Waals surface area contributed by atoms with Crippen LogP contribution in [0.1, 0.15) is 25.3 Å². The number of hydrogen-bond donors (Lipinski definition) is 0. The predicted molar refractivity (Wildman–Crippen MR) is 52.4 cm³/mol. The first kappa shape index (κ1) is 10.1. The Morgan fingerprint density at radius 1 is 1.31 bits per heavy atom. The van der Waals surface area contributed by atoms with Crippen molar-refractivity contribution >= 4 is 17.0 Å². The molecule has 0 saturated heterocycles. The Bertz CT molecular complexity index is 290. The monoisotopic (exact) mass is 198 g/mol. The Balaban J connectivity index is 2.75. The highest BCUT2D eigenvalue weighted by Crippen LogP contribution is 2.18. The zero-order valence-electron chi connectivity index (χ0n) is 7.58. The Morgan fingerprint density at radius 2 is 1.85 bits per heavy atom. The van der Waals surface area contributed by atoms with Crippen molar-refractivity contribution in [2.75, 3.05) is 0 Å². The Labute approximate surface area is 82.5 Å². The van der Waals surface area contributed by atoms with E-state index in [1.807, 2.05) is 12.1 Å². The van der Waals surface area contributed by atoms with Gasteiger partial charge in [0.1, 0.15) is 5.75 Å². The van der Waals surface area contributed by atoms with Gasteiger partial charge < -0.3 is 4.74 Å². The molecule has 0 radical (unpaired) electrons. The molecule has 0 spiro atoms. The summed E-state index contributed by atoms with van der Waals surface area (Å²) in [6.45, 7) is 4.20. The van der Waals surface area contributed by atoms with Gasteiger partial charge in [0.2, 0.25) is 0 Å². The summed E-state index contributed by atoms with van der Waals surface area (Å²) in [5.74, 6) is 0.949. The van der Waals surface area contributed by atoms with Crippen molar-refractivity contribution in [2.24, 2.45) is 0 Å². The van der Waals surface area contributed by atoms with Crippen LogP contribution < -0.4 is 4.74 Å². The third kappa shape index (κ3) is 3.07. The minimum absolute atomic E-state index is 0.473. The number of carbonyl (C=O) groups is 1. The van der Waals surface area contributed by atoms with E-state index in [0.717, 1.165) is 0 Å². The van der Waals surface area contributed by atoms with E-state index in [1.165, 1.54) is 5.56 Å². The zero-order valence-corrected chi connectivity index (χ0v) is 8.34. The van der Waals surface area contributed by atoms with Gasteiger partial charge in [-0.15, -0.1) is 0 Å². The molecule has 0 unspecified atom stereocenters. The SMILES string of the molecule is CC(C)c1ccc(OC(=O)Cl)cc1. The highest BCUT2D eigenvalue weighted by molar-refractivity contribution is 6.61. The smallest absolute Gasteiger partial charge is 0.409 e. The maximum Gasteiger partial charge on any atom is 0.409 e. The first-order valence-corrected chi connectivity index (χ1v) is 4.44. The number of carbonyl (C=O) groups excluding carboxylic acids is 1. The zero-order chi connectivity index (χ0) is 9.84. The van der Waals surface area contributed by atoms with Crippen LogP contribution >= 0.6 is 11.6 Å². The van der Waals surface area contributed by atoms with Gasteiger partial charge in [0.15, 0.2) is 0 Å². The summed E-state index contributed by atoms with van der Waals surface area (Å²) in [6, 6.07) is 7.30. The van der Waals surface area contributed by atoms with E-state index in [4.69, 9.17) is 11.6 Å². The maximum absolute atomic E-state index is 10.4. The Hall–Kier alpha value is -1.02.